The van der Waals surface area contributed by atoms with Crippen LogP contribution in [-0.4, -0.2) is 21.3 Å². The molecule has 0 amide bonds. The number of nitrogens with two attached hydrogens (primary N) is 1. The molecule has 0 atom stereocenters. The first kappa shape index (κ1) is 20.0. The van der Waals surface area contributed by atoms with E-state index in [0.717, 1.165) is 33.4 Å². The van der Waals surface area contributed by atoms with E-state index in [2.05, 4.69) is 39.6 Å². The highest BCUT2D eigenvalue weighted by atomic mass is 35.5. The summed E-state index contributed by atoms with van der Waals surface area (Å²) in [7, 11) is 0. The molecule has 4 aromatic rings. The summed E-state index contributed by atoms with van der Waals surface area (Å²) >= 11 is 6.52. The van der Waals surface area contributed by atoms with Gasteiger partial charge in [0.1, 0.15) is 5.82 Å². The van der Waals surface area contributed by atoms with Crippen molar-refractivity contribution in [3.05, 3.63) is 83.0 Å². The van der Waals surface area contributed by atoms with Crippen LogP contribution < -0.4 is 5.73 Å². The fraction of sp³-hybridized carbons (Fsp3) is 0.160. The van der Waals surface area contributed by atoms with Crippen molar-refractivity contribution >= 4 is 28.3 Å². The van der Waals surface area contributed by atoms with Crippen LogP contribution in [0.5, 0.6) is 0 Å². The normalized spacial score (nSPS) is 10.7. The van der Waals surface area contributed by atoms with Gasteiger partial charge in [0.25, 0.3) is 0 Å². The molecular formula is C25H22ClN3O. The second kappa shape index (κ2) is 9.04. The number of benzene rings is 2. The topological polar surface area (TPSA) is 64.1 Å². The molecule has 5 heteroatoms. The minimum atomic E-state index is 0.158. The summed E-state index contributed by atoms with van der Waals surface area (Å²) in [6, 6.07) is 21.8. The van der Waals surface area contributed by atoms with Crippen molar-refractivity contribution in [2.45, 2.75) is 19.4 Å². The van der Waals surface area contributed by atoms with Crippen LogP contribution >= 0.6 is 11.6 Å². The number of halogens is 1. The fourth-order valence-corrected chi connectivity index (χ4v) is 3.71. The minimum Gasteiger partial charge on any atom is -0.396 e. The lowest BCUT2D eigenvalue weighted by atomic mass is 10.1. The first-order chi connectivity index (χ1) is 14.7. The molecule has 4 rings (SSSR count). The van der Waals surface area contributed by atoms with Gasteiger partial charge in [-0.3, -0.25) is 0 Å². The predicted molar refractivity (Wildman–Crippen MR) is 123 cm³/mol. The van der Waals surface area contributed by atoms with Crippen LogP contribution in [0.2, 0.25) is 5.02 Å². The molecule has 2 aromatic heterocycles. The Morgan fingerprint density at radius 1 is 1.03 bits per heavy atom. The highest BCUT2D eigenvalue weighted by Gasteiger charge is 2.14. The number of pyridine rings is 1. The van der Waals surface area contributed by atoms with Crippen molar-refractivity contribution in [2.75, 3.05) is 12.3 Å². The molecule has 0 bridgehead atoms. The summed E-state index contributed by atoms with van der Waals surface area (Å²) in [6.07, 6.45) is 1.36. The van der Waals surface area contributed by atoms with E-state index in [0.29, 0.717) is 30.2 Å². The molecule has 0 aliphatic heterocycles. The molecule has 30 heavy (non-hydrogen) atoms. The van der Waals surface area contributed by atoms with Gasteiger partial charge in [0, 0.05) is 34.6 Å². The van der Waals surface area contributed by atoms with Crippen LogP contribution in [0.1, 0.15) is 24.1 Å². The van der Waals surface area contributed by atoms with Crippen LogP contribution in [0.4, 0.5) is 5.82 Å². The maximum atomic E-state index is 8.94. The Bertz CT molecular complexity index is 1250. The fourth-order valence-electron chi connectivity index (χ4n) is 3.47. The monoisotopic (exact) mass is 415 g/mol. The van der Waals surface area contributed by atoms with E-state index >= 15 is 0 Å². The number of hydrogen-bond donors (Lipinski definition) is 2. The molecule has 0 radical (unpaired) electrons. The van der Waals surface area contributed by atoms with E-state index in [9.17, 15) is 0 Å². The highest BCUT2D eigenvalue weighted by molar-refractivity contribution is 6.33. The standard InChI is InChI=1S/C25H22ClN3O/c26-22-10-4-3-9-21(22)24-16-19-13-12-18(7-2-1-5-14-30)15-23(19)29(24)17-20-8-6-11-25(27)28-20/h3-4,6,8-13,15-16,30H,1,5,14,17H2,(H2,27,28). The second-order valence-corrected chi connectivity index (χ2v) is 7.46. The summed E-state index contributed by atoms with van der Waals surface area (Å²) in [4.78, 5) is 4.48. The molecule has 0 saturated heterocycles. The Morgan fingerprint density at radius 3 is 2.70 bits per heavy atom. The largest absolute Gasteiger partial charge is 0.396 e. The zero-order valence-electron chi connectivity index (χ0n) is 16.5. The van der Waals surface area contributed by atoms with Gasteiger partial charge >= 0.3 is 0 Å². The highest BCUT2D eigenvalue weighted by Crippen LogP contribution is 2.33. The average Bonchev–Trinajstić information content (AvgIpc) is 3.09. The van der Waals surface area contributed by atoms with Crippen LogP contribution in [-0.2, 0) is 6.54 Å². The lowest BCUT2D eigenvalue weighted by molar-refractivity contribution is 0.290. The van der Waals surface area contributed by atoms with E-state index in [1.54, 1.807) is 6.07 Å². The Labute approximate surface area is 180 Å². The summed E-state index contributed by atoms with van der Waals surface area (Å²) < 4.78 is 2.21. The van der Waals surface area contributed by atoms with Gasteiger partial charge in [-0.25, -0.2) is 4.98 Å². The van der Waals surface area contributed by atoms with Crippen LogP contribution in [0.3, 0.4) is 0 Å². The third kappa shape index (κ3) is 4.33. The summed E-state index contributed by atoms with van der Waals surface area (Å²) in [6.45, 7) is 0.724. The Balaban J connectivity index is 1.85. The van der Waals surface area contributed by atoms with Gasteiger partial charge in [-0.05, 0) is 42.8 Å². The lowest BCUT2D eigenvalue weighted by Gasteiger charge is -2.12. The first-order valence-corrected chi connectivity index (χ1v) is 10.2. The SMILES string of the molecule is Nc1cccc(Cn2c(-c3ccccc3Cl)cc3ccc(C#CCCCO)cc32)n1. The number of anilines is 1. The number of unbranched alkanes of at least 4 members (excludes halogenated alkanes) is 1. The molecule has 2 aromatic carbocycles. The van der Waals surface area contributed by atoms with Gasteiger partial charge in [0.15, 0.2) is 0 Å². The number of hydrogen-bond acceptors (Lipinski definition) is 3. The number of aliphatic hydroxyl groups is 1. The Kier molecular flexibility index (Phi) is 6.04. The van der Waals surface area contributed by atoms with Gasteiger partial charge < -0.3 is 15.4 Å². The maximum absolute atomic E-state index is 8.94. The number of aromatic nitrogens is 2. The van der Waals surface area contributed by atoms with Crippen LogP contribution in [0.25, 0.3) is 22.2 Å². The third-order valence-corrected chi connectivity index (χ3v) is 5.22. The summed E-state index contributed by atoms with van der Waals surface area (Å²) in [5.41, 5.74) is 10.8. The van der Waals surface area contributed by atoms with Crippen molar-refractivity contribution < 1.29 is 5.11 Å². The molecule has 3 N–H and O–H groups in total. The van der Waals surface area contributed by atoms with Crippen LogP contribution in [0.15, 0.2) is 66.7 Å². The quantitative estimate of drug-likeness (QED) is 0.351. The van der Waals surface area contributed by atoms with Gasteiger partial charge in [-0.15, -0.1) is 0 Å². The molecule has 0 aliphatic carbocycles. The molecule has 0 spiro atoms. The van der Waals surface area contributed by atoms with Gasteiger partial charge in [-0.1, -0.05) is 53.8 Å². The number of rotatable bonds is 5. The van der Waals surface area contributed by atoms with Crippen molar-refractivity contribution in [2.24, 2.45) is 0 Å². The lowest BCUT2D eigenvalue weighted by Crippen LogP contribution is -2.05. The molecule has 0 aliphatic rings. The molecule has 150 valence electrons. The number of fused-ring (bicyclic) bond motifs is 1. The first-order valence-electron chi connectivity index (χ1n) is 9.85. The van der Waals surface area contributed by atoms with E-state index in [-0.39, 0.29) is 6.61 Å². The average molecular weight is 416 g/mol. The third-order valence-electron chi connectivity index (χ3n) is 4.90. The van der Waals surface area contributed by atoms with E-state index in [1.165, 1.54) is 0 Å². The molecule has 0 fully saturated rings. The van der Waals surface area contributed by atoms with E-state index in [4.69, 9.17) is 22.4 Å². The van der Waals surface area contributed by atoms with Crippen molar-refractivity contribution in [3.63, 3.8) is 0 Å². The smallest absolute Gasteiger partial charge is 0.123 e. The second-order valence-electron chi connectivity index (χ2n) is 7.05. The van der Waals surface area contributed by atoms with Gasteiger partial charge in [-0.2, -0.15) is 0 Å². The molecule has 4 nitrogen and oxygen atoms in total. The van der Waals surface area contributed by atoms with Crippen molar-refractivity contribution in [3.8, 4) is 23.1 Å². The van der Waals surface area contributed by atoms with Crippen molar-refractivity contribution in [1.82, 2.24) is 9.55 Å². The van der Waals surface area contributed by atoms with Gasteiger partial charge in [0.2, 0.25) is 0 Å². The number of aliphatic hydroxyl groups excluding tert-OH is 1. The summed E-state index contributed by atoms with van der Waals surface area (Å²) in [5, 5.41) is 10.7. The number of nitrogens with zero attached hydrogens (tertiary/aromatic N) is 2. The van der Waals surface area contributed by atoms with Crippen LogP contribution in [0, 0.1) is 11.8 Å². The Hall–Kier alpha value is -3.26. The predicted octanol–water partition coefficient (Wildman–Crippen LogP) is 5.11. The van der Waals surface area contributed by atoms with E-state index < -0.39 is 0 Å². The zero-order valence-corrected chi connectivity index (χ0v) is 17.2. The number of nitrogen functional groups attached to an aromatic ring is 1. The molecule has 0 unspecified atom stereocenters. The van der Waals surface area contributed by atoms with E-state index in [1.807, 2.05) is 42.5 Å². The van der Waals surface area contributed by atoms with Crippen molar-refractivity contribution in [1.29, 1.82) is 0 Å². The zero-order chi connectivity index (χ0) is 20.9. The minimum absolute atomic E-state index is 0.158. The van der Waals surface area contributed by atoms with Gasteiger partial charge in [0.05, 0.1) is 23.4 Å². The molecular weight excluding hydrogens is 394 g/mol. The maximum Gasteiger partial charge on any atom is 0.123 e. The molecule has 2 heterocycles. The summed E-state index contributed by atoms with van der Waals surface area (Å²) in [5.74, 6) is 6.82. The Morgan fingerprint density at radius 2 is 1.90 bits per heavy atom. The molecule has 0 saturated carbocycles.